The number of aliphatic hydroxyl groups is 1. The number of nitrogens with zero attached hydrogens (tertiary/aromatic N) is 1. The Labute approximate surface area is 193 Å². The Hall–Kier alpha value is -2.10. The summed E-state index contributed by atoms with van der Waals surface area (Å²) in [6.45, 7) is 13.3. The number of aliphatic hydroxyl groups excluding tert-OH is 1. The third kappa shape index (κ3) is 5.05. The number of benzene rings is 1. The van der Waals surface area contributed by atoms with Gasteiger partial charge in [0.25, 0.3) is 5.56 Å². The van der Waals surface area contributed by atoms with Gasteiger partial charge in [0.15, 0.2) is 0 Å². The van der Waals surface area contributed by atoms with E-state index in [1.54, 1.807) is 26.1 Å². The SMILES string of the molecule is C[Si](C)OCc1c(C(C)(C)C)ccn([C@H]2c3cc(C(F)(F)F)ccc3OC(C)(C)[C@@H]2O)c1=O. The number of rotatable bonds is 4. The van der Waals surface area contributed by atoms with Crippen molar-refractivity contribution in [3.63, 3.8) is 0 Å². The van der Waals surface area contributed by atoms with Crippen molar-refractivity contribution in [1.29, 1.82) is 0 Å². The Bertz CT molecular complexity index is 1090. The molecule has 1 aromatic carbocycles. The Morgan fingerprint density at radius 3 is 2.36 bits per heavy atom. The molecular weight excluding hydrogens is 451 g/mol. The summed E-state index contributed by atoms with van der Waals surface area (Å²) in [5, 5.41) is 11.2. The van der Waals surface area contributed by atoms with Crippen LogP contribution in [-0.4, -0.2) is 30.4 Å². The van der Waals surface area contributed by atoms with E-state index in [1.165, 1.54) is 10.6 Å². The summed E-state index contributed by atoms with van der Waals surface area (Å²) in [4.78, 5) is 13.7. The monoisotopic (exact) mass is 482 g/mol. The van der Waals surface area contributed by atoms with E-state index in [-0.39, 0.29) is 23.3 Å². The van der Waals surface area contributed by atoms with Crippen LogP contribution in [0.1, 0.15) is 62.9 Å². The zero-order valence-electron chi connectivity index (χ0n) is 20.0. The fourth-order valence-electron chi connectivity index (χ4n) is 4.12. The lowest BCUT2D eigenvalue weighted by Gasteiger charge is -2.43. The van der Waals surface area contributed by atoms with Crippen LogP contribution in [0.25, 0.3) is 0 Å². The topological polar surface area (TPSA) is 60.7 Å². The number of hydrogen-bond acceptors (Lipinski definition) is 4. The van der Waals surface area contributed by atoms with Crippen LogP contribution in [0.15, 0.2) is 35.3 Å². The summed E-state index contributed by atoms with van der Waals surface area (Å²) in [6.07, 6.45) is -4.29. The molecule has 0 saturated carbocycles. The van der Waals surface area contributed by atoms with Gasteiger partial charge in [-0.25, -0.2) is 0 Å². The third-order valence-corrected chi connectivity index (χ3v) is 6.59. The standard InChI is InChI=1S/C24H31F3NO4Si/c1-22(2,3)17-10-11-28(21(30)16(17)13-31-33(6)7)19-15-12-14(24(25,26)27)8-9-18(15)32-23(4,5)20(19)29/h8-12,19-20,29H,13H2,1-7H3/t19-,20+/m0/s1. The van der Waals surface area contributed by atoms with Gasteiger partial charge in [0, 0.05) is 17.3 Å². The third-order valence-electron chi connectivity index (χ3n) is 5.87. The fourth-order valence-corrected chi connectivity index (χ4v) is 4.55. The van der Waals surface area contributed by atoms with Crippen LogP contribution < -0.4 is 10.3 Å². The number of halogens is 3. The largest absolute Gasteiger partial charge is 0.485 e. The van der Waals surface area contributed by atoms with Crippen LogP contribution >= 0.6 is 0 Å². The first-order chi connectivity index (χ1) is 15.0. The maximum absolute atomic E-state index is 13.7. The Balaban J connectivity index is 2.27. The number of fused-ring (bicyclic) bond motifs is 1. The first-order valence-electron chi connectivity index (χ1n) is 10.8. The quantitative estimate of drug-likeness (QED) is 0.620. The van der Waals surface area contributed by atoms with Gasteiger partial charge < -0.3 is 18.8 Å². The number of alkyl halides is 3. The minimum Gasteiger partial charge on any atom is -0.485 e. The highest BCUT2D eigenvalue weighted by molar-refractivity contribution is 6.48. The number of hydrogen-bond donors (Lipinski definition) is 1. The van der Waals surface area contributed by atoms with Gasteiger partial charge in [0.1, 0.15) is 17.5 Å². The molecule has 0 unspecified atom stereocenters. The van der Waals surface area contributed by atoms with Gasteiger partial charge >= 0.3 is 6.18 Å². The molecule has 1 aliphatic heterocycles. The van der Waals surface area contributed by atoms with E-state index in [1.807, 2.05) is 33.9 Å². The average molecular weight is 483 g/mol. The minimum atomic E-state index is -4.57. The Morgan fingerprint density at radius 2 is 1.82 bits per heavy atom. The molecule has 0 aliphatic carbocycles. The molecule has 33 heavy (non-hydrogen) atoms. The maximum atomic E-state index is 13.7. The van der Waals surface area contributed by atoms with Crippen molar-refractivity contribution in [3.8, 4) is 5.75 Å². The molecule has 2 atom stereocenters. The molecule has 1 aliphatic rings. The summed E-state index contributed by atoms with van der Waals surface area (Å²) in [5.74, 6) is 0.209. The summed E-state index contributed by atoms with van der Waals surface area (Å²) in [6, 6.07) is 3.89. The molecule has 5 nitrogen and oxygen atoms in total. The molecule has 0 amide bonds. The number of aromatic nitrogens is 1. The molecular formula is C24H31F3NO4Si. The van der Waals surface area contributed by atoms with E-state index in [4.69, 9.17) is 9.16 Å². The summed E-state index contributed by atoms with van der Waals surface area (Å²) >= 11 is 0. The lowest BCUT2D eigenvalue weighted by molar-refractivity contribution is -0.137. The second-order valence-electron chi connectivity index (χ2n) is 10.2. The maximum Gasteiger partial charge on any atom is 0.416 e. The van der Waals surface area contributed by atoms with Gasteiger partial charge in [0.05, 0.1) is 18.2 Å². The summed E-state index contributed by atoms with van der Waals surface area (Å²) in [5.41, 5.74) is -1.37. The Kier molecular flexibility index (Phi) is 6.65. The van der Waals surface area contributed by atoms with Crippen molar-refractivity contribution in [2.75, 3.05) is 0 Å². The van der Waals surface area contributed by atoms with Crippen molar-refractivity contribution in [2.45, 2.75) is 83.7 Å². The minimum absolute atomic E-state index is 0.103. The summed E-state index contributed by atoms with van der Waals surface area (Å²) in [7, 11) is -1.09. The van der Waals surface area contributed by atoms with Crippen LogP contribution in [0.5, 0.6) is 5.75 Å². The molecule has 2 heterocycles. The average Bonchev–Trinajstić information content (AvgIpc) is 2.66. The molecule has 0 bridgehead atoms. The fraction of sp³-hybridized carbons (Fsp3) is 0.542. The van der Waals surface area contributed by atoms with Crippen LogP contribution in [0.3, 0.4) is 0 Å². The van der Waals surface area contributed by atoms with Crippen molar-refractivity contribution < 1.29 is 27.4 Å². The first-order valence-corrected chi connectivity index (χ1v) is 13.2. The van der Waals surface area contributed by atoms with Crippen LogP contribution in [-0.2, 0) is 22.6 Å². The highest BCUT2D eigenvalue weighted by Gasteiger charge is 2.45. The van der Waals surface area contributed by atoms with Gasteiger partial charge in [-0.15, -0.1) is 0 Å². The number of pyridine rings is 1. The van der Waals surface area contributed by atoms with Crippen LogP contribution in [0.4, 0.5) is 13.2 Å². The van der Waals surface area contributed by atoms with Gasteiger partial charge in [-0.05, 0) is 62.2 Å². The highest BCUT2D eigenvalue weighted by Crippen LogP contribution is 2.44. The molecule has 0 saturated heterocycles. The molecule has 0 fully saturated rings. The van der Waals surface area contributed by atoms with E-state index >= 15 is 0 Å². The van der Waals surface area contributed by atoms with E-state index in [9.17, 15) is 23.1 Å². The van der Waals surface area contributed by atoms with Gasteiger partial charge in [-0.2, -0.15) is 13.2 Å². The normalized spacial score (nSPS) is 20.5. The lowest BCUT2D eigenvalue weighted by atomic mass is 9.83. The predicted molar refractivity (Wildman–Crippen MR) is 122 cm³/mol. The molecule has 9 heteroatoms. The van der Waals surface area contributed by atoms with Crippen LogP contribution in [0, 0.1) is 0 Å². The molecule has 1 N–H and O–H groups in total. The van der Waals surface area contributed by atoms with E-state index in [0.29, 0.717) is 5.56 Å². The van der Waals surface area contributed by atoms with Gasteiger partial charge in [0.2, 0.25) is 9.04 Å². The van der Waals surface area contributed by atoms with Crippen molar-refractivity contribution >= 4 is 9.04 Å². The van der Waals surface area contributed by atoms with E-state index < -0.39 is 44.1 Å². The van der Waals surface area contributed by atoms with Crippen LogP contribution in [0.2, 0.25) is 13.1 Å². The molecule has 0 spiro atoms. The molecule has 1 radical (unpaired) electrons. The smallest absolute Gasteiger partial charge is 0.416 e. The van der Waals surface area contributed by atoms with Crippen molar-refractivity contribution in [2.24, 2.45) is 0 Å². The first kappa shape index (κ1) is 25.5. The van der Waals surface area contributed by atoms with Gasteiger partial charge in [-0.3, -0.25) is 4.79 Å². The summed E-state index contributed by atoms with van der Waals surface area (Å²) < 4.78 is 53.3. The zero-order chi connectivity index (χ0) is 24.9. The molecule has 2 aromatic rings. The lowest BCUT2D eigenvalue weighted by Crippen LogP contribution is -2.52. The Morgan fingerprint density at radius 1 is 1.18 bits per heavy atom. The second-order valence-corrected chi connectivity index (χ2v) is 12.3. The molecule has 1 aromatic heterocycles. The molecule has 181 valence electrons. The molecule has 3 rings (SSSR count). The van der Waals surface area contributed by atoms with Crippen molar-refractivity contribution in [1.82, 2.24) is 4.57 Å². The van der Waals surface area contributed by atoms with Crippen molar-refractivity contribution in [3.05, 3.63) is 63.1 Å². The van der Waals surface area contributed by atoms with Gasteiger partial charge in [-0.1, -0.05) is 20.8 Å². The van der Waals surface area contributed by atoms with E-state index in [2.05, 4.69) is 0 Å². The zero-order valence-corrected chi connectivity index (χ0v) is 21.0. The predicted octanol–water partition coefficient (Wildman–Crippen LogP) is 5.05. The van der Waals surface area contributed by atoms with E-state index in [0.717, 1.165) is 17.7 Å². The highest BCUT2D eigenvalue weighted by atomic mass is 28.3. The number of ether oxygens (including phenoxy) is 1. The second kappa shape index (κ2) is 8.59.